The third kappa shape index (κ3) is 3.92. The monoisotopic (exact) mass is 433 g/mol. The minimum Gasteiger partial charge on any atom is -0.507 e. The van der Waals surface area contributed by atoms with E-state index in [0.717, 1.165) is 0 Å². The molecule has 0 bridgehead atoms. The van der Waals surface area contributed by atoms with Gasteiger partial charge in [0.2, 0.25) is 0 Å². The SMILES string of the molecule is CCOc1ccc(N2C(=O)C(=O)/C(=C(/O)c3ccccc3)[C@H]2c2ccc(Cl)cc2)cc1. The molecule has 3 aromatic rings. The second-order valence-electron chi connectivity index (χ2n) is 7.01. The largest absolute Gasteiger partial charge is 0.507 e. The lowest BCUT2D eigenvalue weighted by Gasteiger charge is -2.25. The first-order chi connectivity index (χ1) is 15.0. The summed E-state index contributed by atoms with van der Waals surface area (Å²) in [5.74, 6) is -1.00. The number of anilines is 1. The average Bonchev–Trinajstić information content (AvgIpc) is 3.06. The van der Waals surface area contributed by atoms with Crippen LogP contribution in [0.25, 0.3) is 5.76 Å². The van der Waals surface area contributed by atoms with E-state index in [4.69, 9.17) is 16.3 Å². The molecule has 0 radical (unpaired) electrons. The van der Waals surface area contributed by atoms with Crippen LogP contribution in [0, 0.1) is 0 Å². The van der Waals surface area contributed by atoms with Crippen LogP contribution in [0.2, 0.25) is 5.02 Å². The molecule has 1 aliphatic heterocycles. The van der Waals surface area contributed by atoms with Crippen LogP contribution in [0.4, 0.5) is 5.69 Å². The van der Waals surface area contributed by atoms with Crippen molar-refractivity contribution in [3.63, 3.8) is 0 Å². The number of carbonyl (C=O) groups excluding carboxylic acids is 2. The van der Waals surface area contributed by atoms with Crippen LogP contribution >= 0.6 is 11.6 Å². The Morgan fingerprint density at radius 3 is 2.23 bits per heavy atom. The molecular weight excluding hydrogens is 414 g/mol. The lowest BCUT2D eigenvalue weighted by molar-refractivity contribution is -0.132. The van der Waals surface area contributed by atoms with E-state index in [-0.39, 0.29) is 11.3 Å². The number of ether oxygens (including phenoxy) is 1. The molecule has 1 saturated heterocycles. The first-order valence-corrected chi connectivity index (χ1v) is 10.2. The molecule has 156 valence electrons. The maximum Gasteiger partial charge on any atom is 0.300 e. The van der Waals surface area contributed by atoms with E-state index in [0.29, 0.717) is 34.2 Å². The first kappa shape index (κ1) is 20.7. The Morgan fingerprint density at radius 2 is 1.61 bits per heavy atom. The fourth-order valence-electron chi connectivity index (χ4n) is 3.68. The first-order valence-electron chi connectivity index (χ1n) is 9.86. The summed E-state index contributed by atoms with van der Waals surface area (Å²) >= 11 is 6.05. The molecule has 1 N–H and O–H groups in total. The van der Waals surface area contributed by atoms with Gasteiger partial charge in [0.1, 0.15) is 11.5 Å². The van der Waals surface area contributed by atoms with Gasteiger partial charge in [-0.05, 0) is 48.9 Å². The second-order valence-corrected chi connectivity index (χ2v) is 7.45. The van der Waals surface area contributed by atoms with E-state index in [2.05, 4.69) is 0 Å². The van der Waals surface area contributed by atoms with Crippen LogP contribution in [0.1, 0.15) is 24.1 Å². The van der Waals surface area contributed by atoms with Crippen LogP contribution in [0.5, 0.6) is 5.75 Å². The second kappa shape index (κ2) is 8.66. The summed E-state index contributed by atoms with van der Waals surface area (Å²) in [5.41, 5.74) is 1.69. The maximum atomic E-state index is 13.1. The van der Waals surface area contributed by atoms with Crippen LogP contribution < -0.4 is 9.64 Å². The highest BCUT2D eigenvalue weighted by Gasteiger charge is 2.46. The minimum absolute atomic E-state index is 0.0346. The van der Waals surface area contributed by atoms with E-state index in [1.54, 1.807) is 72.8 Å². The zero-order valence-electron chi connectivity index (χ0n) is 16.8. The van der Waals surface area contributed by atoms with E-state index in [9.17, 15) is 14.7 Å². The van der Waals surface area contributed by atoms with Crippen molar-refractivity contribution in [3.8, 4) is 5.75 Å². The molecule has 1 amide bonds. The van der Waals surface area contributed by atoms with Gasteiger partial charge < -0.3 is 9.84 Å². The topological polar surface area (TPSA) is 66.8 Å². The fourth-order valence-corrected chi connectivity index (χ4v) is 3.81. The van der Waals surface area contributed by atoms with Gasteiger partial charge in [0.05, 0.1) is 18.2 Å². The molecule has 0 aromatic heterocycles. The number of hydrogen-bond donors (Lipinski definition) is 1. The zero-order chi connectivity index (χ0) is 22.0. The lowest BCUT2D eigenvalue weighted by atomic mass is 9.95. The Balaban J connectivity index is 1.88. The quantitative estimate of drug-likeness (QED) is 0.334. The summed E-state index contributed by atoms with van der Waals surface area (Å²) in [6, 6.07) is 21.7. The molecular formula is C25H20ClNO4. The van der Waals surface area contributed by atoms with Gasteiger partial charge in [-0.15, -0.1) is 0 Å². The third-order valence-corrected chi connectivity index (χ3v) is 5.36. The molecule has 0 spiro atoms. The predicted molar refractivity (Wildman–Crippen MR) is 120 cm³/mol. The number of amides is 1. The van der Waals surface area contributed by atoms with Crippen LogP contribution in [0.3, 0.4) is 0 Å². The Hall–Kier alpha value is -3.57. The Bertz CT molecular complexity index is 1140. The number of rotatable bonds is 5. The highest BCUT2D eigenvalue weighted by atomic mass is 35.5. The number of aliphatic hydroxyl groups excluding tert-OH is 1. The highest BCUT2D eigenvalue weighted by Crippen LogP contribution is 2.42. The van der Waals surface area contributed by atoms with Crippen molar-refractivity contribution in [1.82, 2.24) is 0 Å². The average molecular weight is 434 g/mol. The van der Waals surface area contributed by atoms with Gasteiger partial charge in [-0.1, -0.05) is 54.1 Å². The lowest BCUT2D eigenvalue weighted by Crippen LogP contribution is -2.29. The van der Waals surface area contributed by atoms with Gasteiger partial charge >= 0.3 is 0 Å². The normalized spacial score (nSPS) is 17.7. The van der Waals surface area contributed by atoms with Gasteiger partial charge in [-0.3, -0.25) is 14.5 Å². The molecule has 1 aliphatic rings. The number of carbonyl (C=O) groups is 2. The number of aliphatic hydroxyl groups is 1. The standard InChI is InChI=1S/C25H20ClNO4/c1-2-31-20-14-12-19(13-15-20)27-22(16-8-10-18(26)11-9-16)21(24(29)25(27)30)23(28)17-6-4-3-5-7-17/h3-15,22,28H,2H2,1H3/b23-21+/t22-/m1/s1. The molecule has 1 heterocycles. The summed E-state index contributed by atoms with van der Waals surface area (Å²) in [7, 11) is 0. The van der Waals surface area contributed by atoms with Crippen molar-refractivity contribution in [2.45, 2.75) is 13.0 Å². The van der Waals surface area contributed by atoms with Crippen molar-refractivity contribution < 1.29 is 19.4 Å². The third-order valence-electron chi connectivity index (χ3n) is 5.10. The van der Waals surface area contributed by atoms with Crippen molar-refractivity contribution in [2.24, 2.45) is 0 Å². The maximum absolute atomic E-state index is 13.1. The molecule has 31 heavy (non-hydrogen) atoms. The van der Waals surface area contributed by atoms with E-state index < -0.39 is 17.7 Å². The zero-order valence-corrected chi connectivity index (χ0v) is 17.5. The Kier molecular flexibility index (Phi) is 5.78. The molecule has 6 heteroatoms. The number of ketones is 1. The Labute approximate surface area is 185 Å². The number of halogens is 1. The van der Waals surface area contributed by atoms with Gasteiger partial charge in [0.25, 0.3) is 11.7 Å². The summed E-state index contributed by atoms with van der Waals surface area (Å²) in [6.45, 7) is 2.41. The minimum atomic E-state index is -0.796. The molecule has 5 nitrogen and oxygen atoms in total. The van der Waals surface area contributed by atoms with Gasteiger partial charge in [0, 0.05) is 16.3 Å². The van der Waals surface area contributed by atoms with Crippen molar-refractivity contribution in [2.75, 3.05) is 11.5 Å². The number of Topliss-reactive ketones (excluding diaryl/α,β-unsaturated/α-hetero) is 1. The van der Waals surface area contributed by atoms with Gasteiger partial charge in [0.15, 0.2) is 0 Å². The van der Waals surface area contributed by atoms with E-state index in [1.165, 1.54) is 4.90 Å². The Morgan fingerprint density at radius 1 is 0.968 bits per heavy atom. The van der Waals surface area contributed by atoms with Crippen LogP contribution in [-0.4, -0.2) is 23.4 Å². The molecule has 0 unspecified atom stereocenters. The predicted octanol–water partition coefficient (Wildman–Crippen LogP) is 5.37. The number of nitrogens with zero attached hydrogens (tertiary/aromatic N) is 1. The molecule has 4 rings (SSSR count). The van der Waals surface area contributed by atoms with Crippen molar-refractivity contribution >= 4 is 34.7 Å². The summed E-state index contributed by atoms with van der Waals surface area (Å²) < 4.78 is 5.48. The molecule has 1 fully saturated rings. The molecule has 0 saturated carbocycles. The summed E-state index contributed by atoms with van der Waals surface area (Å²) in [4.78, 5) is 27.5. The van der Waals surface area contributed by atoms with E-state index >= 15 is 0 Å². The summed E-state index contributed by atoms with van der Waals surface area (Å²) in [6.07, 6.45) is 0. The van der Waals surface area contributed by atoms with Crippen molar-refractivity contribution in [1.29, 1.82) is 0 Å². The molecule has 3 aromatic carbocycles. The van der Waals surface area contributed by atoms with Crippen LogP contribution in [0.15, 0.2) is 84.4 Å². The number of hydrogen-bond acceptors (Lipinski definition) is 4. The van der Waals surface area contributed by atoms with Crippen molar-refractivity contribution in [3.05, 3.63) is 101 Å². The van der Waals surface area contributed by atoms with Gasteiger partial charge in [-0.2, -0.15) is 0 Å². The van der Waals surface area contributed by atoms with Crippen LogP contribution in [-0.2, 0) is 9.59 Å². The number of benzene rings is 3. The molecule has 1 atom stereocenters. The summed E-state index contributed by atoms with van der Waals surface area (Å²) in [5, 5.41) is 11.5. The van der Waals surface area contributed by atoms with Gasteiger partial charge in [-0.25, -0.2) is 0 Å². The molecule has 0 aliphatic carbocycles. The smallest absolute Gasteiger partial charge is 0.300 e. The fraction of sp³-hybridized carbons (Fsp3) is 0.120. The highest BCUT2D eigenvalue weighted by molar-refractivity contribution is 6.51. The van der Waals surface area contributed by atoms with E-state index in [1.807, 2.05) is 13.0 Å².